The highest BCUT2D eigenvalue weighted by molar-refractivity contribution is 7.16. The van der Waals surface area contributed by atoms with Crippen molar-refractivity contribution >= 4 is 43.3 Å². The van der Waals surface area contributed by atoms with E-state index in [9.17, 15) is 0 Å². The van der Waals surface area contributed by atoms with Gasteiger partial charge in [-0.1, -0.05) is 65.0 Å². The molecular weight excluding hydrogens is 470 g/mol. The van der Waals surface area contributed by atoms with Crippen LogP contribution in [0.1, 0.15) is 51.5 Å². The summed E-state index contributed by atoms with van der Waals surface area (Å²) < 4.78 is 6.13. The van der Waals surface area contributed by atoms with Crippen molar-refractivity contribution in [2.45, 2.75) is 53.4 Å². The molecule has 186 valence electrons. The zero-order valence-electron chi connectivity index (χ0n) is 22.5. The van der Waals surface area contributed by atoms with Gasteiger partial charge in [-0.2, -0.15) is 0 Å². The van der Waals surface area contributed by atoms with Crippen LogP contribution in [0.2, 0.25) is 0 Å². The maximum atomic E-state index is 6.13. The van der Waals surface area contributed by atoms with Gasteiger partial charge < -0.3 is 4.42 Å². The van der Waals surface area contributed by atoms with E-state index in [1.807, 2.05) is 0 Å². The number of rotatable bonds is 4. The van der Waals surface area contributed by atoms with Gasteiger partial charge in [0.05, 0.1) is 5.69 Å². The van der Waals surface area contributed by atoms with Gasteiger partial charge in [0, 0.05) is 21.9 Å². The molecule has 0 aliphatic rings. The van der Waals surface area contributed by atoms with Gasteiger partial charge in [0.2, 0.25) is 0 Å². The summed E-state index contributed by atoms with van der Waals surface area (Å²) in [6.45, 7) is 13.5. The van der Waals surface area contributed by atoms with Crippen molar-refractivity contribution in [3.63, 3.8) is 0 Å². The highest BCUT2D eigenvalue weighted by Crippen LogP contribution is 2.39. The number of aryl methyl sites for hydroxylation is 1. The summed E-state index contributed by atoms with van der Waals surface area (Å²) in [6, 6.07) is 24.5. The Morgan fingerprint density at radius 3 is 2.46 bits per heavy atom. The lowest BCUT2D eigenvalue weighted by molar-refractivity contribution is 0.560. The van der Waals surface area contributed by atoms with Gasteiger partial charge in [-0.15, -0.1) is 11.3 Å². The van der Waals surface area contributed by atoms with E-state index in [-0.39, 0.29) is 5.41 Å². The molecule has 37 heavy (non-hydrogen) atoms. The number of aromatic nitrogens is 1. The van der Waals surface area contributed by atoms with Crippen LogP contribution in [0, 0.1) is 12.8 Å². The molecule has 0 aliphatic heterocycles. The maximum Gasteiger partial charge on any atom is 0.134 e. The van der Waals surface area contributed by atoms with Crippen molar-refractivity contribution in [1.82, 2.24) is 4.98 Å². The first kappa shape index (κ1) is 23.9. The van der Waals surface area contributed by atoms with E-state index >= 15 is 0 Å². The lowest BCUT2D eigenvalue weighted by Gasteiger charge is -2.23. The average molecular weight is 504 g/mol. The molecule has 2 nitrogen and oxygen atoms in total. The minimum Gasteiger partial charge on any atom is -0.461 e. The van der Waals surface area contributed by atoms with E-state index in [4.69, 9.17) is 9.40 Å². The van der Waals surface area contributed by atoms with Gasteiger partial charge in [-0.25, -0.2) is 4.98 Å². The van der Waals surface area contributed by atoms with Gasteiger partial charge in [-0.05, 0) is 93.9 Å². The third-order valence-corrected chi connectivity index (χ3v) is 8.13. The third-order valence-electron chi connectivity index (χ3n) is 7.32. The zero-order valence-corrected chi connectivity index (χ0v) is 23.3. The van der Waals surface area contributed by atoms with Crippen LogP contribution in [-0.4, -0.2) is 4.98 Å². The summed E-state index contributed by atoms with van der Waals surface area (Å²) >= 11 is 1.71. The van der Waals surface area contributed by atoms with Crippen LogP contribution < -0.4 is 0 Å². The minimum atomic E-state index is 0.0302. The Morgan fingerprint density at radius 2 is 1.68 bits per heavy atom. The standard InChI is InChI=1S/C34H33NOS/c1-20(2)15-27-21(3)36-32-12-11-23(17-29(27)32)28-19-31(35-33-26(28)13-14-37-33)24-16-22-9-7-8-10-25(22)30(18-24)34(4,5)6/h7-14,16-20H,15H2,1-6H3. The Hall–Kier alpha value is -3.43. The molecule has 0 unspecified atom stereocenters. The van der Waals surface area contributed by atoms with Crippen LogP contribution in [0.4, 0.5) is 0 Å². The molecule has 0 saturated carbocycles. The first-order valence-corrected chi connectivity index (χ1v) is 14.0. The Kier molecular flexibility index (Phi) is 5.72. The Balaban J connectivity index is 1.58. The molecule has 6 rings (SSSR count). The van der Waals surface area contributed by atoms with Gasteiger partial charge in [0.1, 0.15) is 16.2 Å². The van der Waals surface area contributed by atoms with Crippen LogP contribution in [0.25, 0.3) is 54.3 Å². The van der Waals surface area contributed by atoms with Crippen LogP contribution in [-0.2, 0) is 11.8 Å². The normalized spacial score (nSPS) is 12.4. The highest BCUT2D eigenvalue weighted by Gasteiger charge is 2.20. The summed E-state index contributed by atoms with van der Waals surface area (Å²) in [7, 11) is 0. The minimum absolute atomic E-state index is 0.0302. The van der Waals surface area contributed by atoms with Crippen LogP contribution in [0.15, 0.2) is 76.5 Å². The fourth-order valence-corrected chi connectivity index (χ4v) is 6.30. The molecule has 3 aromatic heterocycles. The molecule has 3 aromatic carbocycles. The number of benzene rings is 3. The van der Waals surface area contributed by atoms with E-state index in [0.29, 0.717) is 5.92 Å². The van der Waals surface area contributed by atoms with Gasteiger partial charge in [0.25, 0.3) is 0 Å². The lowest BCUT2D eigenvalue weighted by atomic mass is 9.82. The van der Waals surface area contributed by atoms with E-state index in [0.717, 1.165) is 28.3 Å². The Labute approximate surface area is 223 Å². The average Bonchev–Trinajstić information content (AvgIpc) is 3.46. The number of nitrogens with zero attached hydrogens (tertiary/aromatic N) is 1. The topological polar surface area (TPSA) is 26.0 Å². The number of hydrogen-bond acceptors (Lipinski definition) is 3. The zero-order chi connectivity index (χ0) is 25.9. The van der Waals surface area contributed by atoms with Crippen molar-refractivity contribution in [3.05, 3.63) is 89.0 Å². The molecule has 0 N–H and O–H groups in total. The van der Waals surface area contributed by atoms with Gasteiger partial charge in [0.15, 0.2) is 0 Å². The predicted molar refractivity (Wildman–Crippen MR) is 160 cm³/mol. The first-order chi connectivity index (χ1) is 17.7. The van der Waals surface area contributed by atoms with Crippen molar-refractivity contribution in [2.24, 2.45) is 5.92 Å². The van der Waals surface area contributed by atoms with Crippen LogP contribution in [0.5, 0.6) is 0 Å². The molecule has 0 radical (unpaired) electrons. The molecule has 0 saturated heterocycles. The Morgan fingerprint density at radius 1 is 0.865 bits per heavy atom. The van der Waals surface area contributed by atoms with E-state index in [2.05, 4.69) is 114 Å². The summed E-state index contributed by atoms with van der Waals surface area (Å²) in [5.74, 6) is 1.60. The second-order valence-electron chi connectivity index (χ2n) is 11.6. The smallest absolute Gasteiger partial charge is 0.134 e. The van der Waals surface area contributed by atoms with Crippen molar-refractivity contribution < 1.29 is 4.42 Å². The van der Waals surface area contributed by atoms with E-state index in [1.54, 1.807) is 11.3 Å². The first-order valence-electron chi connectivity index (χ1n) is 13.1. The molecule has 0 aliphatic carbocycles. The summed E-state index contributed by atoms with van der Waals surface area (Å²) in [4.78, 5) is 6.22. The van der Waals surface area contributed by atoms with Crippen molar-refractivity contribution in [3.8, 4) is 22.4 Å². The number of fused-ring (bicyclic) bond motifs is 3. The molecule has 0 atom stereocenters. The number of furan rings is 1. The van der Waals surface area contributed by atoms with Crippen molar-refractivity contribution in [1.29, 1.82) is 0 Å². The second kappa shape index (κ2) is 8.85. The molecule has 6 aromatic rings. The second-order valence-corrected chi connectivity index (χ2v) is 12.5. The molecule has 0 fully saturated rings. The number of pyridine rings is 1. The SMILES string of the molecule is Cc1oc2ccc(-c3cc(-c4cc(C(C)(C)C)c5ccccc5c4)nc4sccc34)cc2c1CC(C)C. The van der Waals surface area contributed by atoms with Gasteiger partial charge in [-0.3, -0.25) is 0 Å². The largest absolute Gasteiger partial charge is 0.461 e. The molecule has 0 spiro atoms. The molecule has 0 amide bonds. The summed E-state index contributed by atoms with van der Waals surface area (Å²) in [5, 5.41) is 7.15. The molecule has 3 heteroatoms. The highest BCUT2D eigenvalue weighted by atomic mass is 32.1. The molecule has 0 bridgehead atoms. The quantitative estimate of drug-likeness (QED) is 0.239. The van der Waals surface area contributed by atoms with Crippen molar-refractivity contribution in [2.75, 3.05) is 0 Å². The number of thiophene rings is 1. The predicted octanol–water partition coefficient (Wildman–Crippen LogP) is 10.3. The summed E-state index contributed by atoms with van der Waals surface area (Å²) in [6.07, 6.45) is 1.02. The summed E-state index contributed by atoms with van der Waals surface area (Å²) in [5.41, 5.74) is 8.30. The van der Waals surface area contributed by atoms with Crippen LogP contribution >= 0.6 is 11.3 Å². The van der Waals surface area contributed by atoms with Gasteiger partial charge >= 0.3 is 0 Å². The fraction of sp³-hybridized carbons (Fsp3) is 0.265. The monoisotopic (exact) mass is 503 g/mol. The van der Waals surface area contributed by atoms with E-state index in [1.165, 1.54) is 49.4 Å². The van der Waals surface area contributed by atoms with E-state index < -0.39 is 0 Å². The third kappa shape index (κ3) is 4.26. The maximum absolute atomic E-state index is 6.13. The molecular formula is C34H33NOS. The fourth-order valence-electron chi connectivity index (χ4n) is 5.52. The lowest BCUT2D eigenvalue weighted by Crippen LogP contribution is -2.12. The number of hydrogen-bond donors (Lipinski definition) is 0. The Bertz CT molecular complexity index is 1780. The van der Waals surface area contributed by atoms with Crippen LogP contribution in [0.3, 0.4) is 0 Å². The molecule has 3 heterocycles.